The number of amides is 1. The zero-order chi connectivity index (χ0) is 15.6. The molecule has 2 saturated heterocycles. The Labute approximate surface area is 132 Å². The van der Waals surface area contributed by atoms with E-state index >= 15 is 0 Å². The van der Waals surface area contributed by atoms with Crippen molar-refractivity contribution in [3.63, 3.8) is 0 Å². The lowest BCUT2D eigenvalue weighted by Crippen LogP contribution is -2.59. The van der Waals surface area contributed by atoms with E-state index in [9.17, 15) is 4.79 Å². The third-order valence-electron chi connectivity index (χ3n) is 5.19. The topological polar surface area (TPSA) is 54.3 Å². The zero-order valence-corrected chi connectivity index (χ0v) is 13.8. The number of carbonyl (C=O) groups is 1. The predicted octanol–water partition coefficient (Wildman–Crippen LogP) is 1.67. The molecule has 0 saturated carbocycles. The van der Waals surface area contributed by atoms with Gasteiger partial charge in [-0.2, -0.15) is 0 Å². The Morgan fingerprint density at radius 2 is 2.00 bits per heavy atom. The molecule has 0 bridgehead atoms. The summed E-state index contributed by atoms with van der Waals surface area (Å²) in [7, 11) is 0. The maximum Gasteiger partial charge on any atom is 0.243 e. The molecule has 0 N–H and O–H groups in total. The molecule has 6 heteroatoms. The van der Waals surface area contributed by atoms with E-state index < -0.39 is 0 Å². The molecule has 2 aliphatic rings. The number of hydrogen-bond donors (Lipinski definition) is 0. The van der Waals surface area contributed by atoms with Gasteiger partial charge in [0.2, 0.25) is 5.91 Å². The molecule has 122 valence electrons. The van der Waals surface area contributed by atoms with Crippen molar-refractivity contribution in [2.75, 3.05) is 19.6 Å². The molecule has 3 rings (SSSR count). The first kappa shape index (κ1) is 15.5. The summed E-state index contributed by atoms with van der Waals surface area (Å²) in [6.07, 6.45) is 7.02. The van der Waals surface area contributed by atoms with Crippen molar-refractivity contribution in [1.29, 1.82) is 0 Å². The molecule has 1 unspecified atom stereocenters. The van der Waals surface area contributed by atoms with Gasteiger partial charge in [0.15, 0.2) is 0 Å². The second-order valence-electron chi connectivity index (χ2n) is 6.49. The third-order valence-corrected chi connectivity index (χ3v) is 5.19. The molecule has 1 atom stereocenters. The van der Waals surface area contributed by atoms with Crippen molar-refractivity contribution in [3.05, 3.63) is 12.2 Å². The van der Waals surface area contributed by atoms with Crippen molar-refractivity contribution in [3.8, 4) is 0 Å². The molecule has 0 aliphatic carbocycles. The number of carbonyl (C=O) groups excluding carboxylic acids is 1. The van der Waals surface area contributed by atoms with Crippen LogP contribution >= 0.6 is 0 Å². The molecule has 1 aromatic rings. The zero-order valence-electron chi connectivity index (χ0n) is 13.8. The summed E-state index contributed by atoms with van der Waals surface area (Å²) >= 11 is 0. The first-order chi connectivity index (χ1) is 10.7. The molecule has 2 fully saturated rings. The average Bonchev–Trinajstić information content (AvgIpc) is 3.13. The van der Waals surface area contributed by atoms with E-state index in [4.69, 9.17) is 0 Å². The monoisotopic (exact) mass is 305 g/mol. The fraction of sp³-hybridized carbons (Fsp3) is 0.812. The Kier molecular flexibility index (Phi) is 4.47. The van der Waals surface area contributed by atoms with Crippen LogP contribution in [0.5, 0.6) is 0 Å². The van der Waals surface area contributed by atoms with Gasteiger partial charge < -0.3 is 9.47 Å². The minimum Gasteiger partial charge on any atom is -0.341 e. The van der Waals surface area contributed by atoms with E-state index in [0.717, 1.165) is 70.7 Å². The van der Waals surface area contributed by atoms with Crippen LogP contribution in [0.15, 0.2) is 6.33 Å². The van der Waals surface area contributed by atoms with E-state index in [2.05, 4.69) is 38.4 Å². The molecular weight excluding hydrogens is 278 g/mol. The number of piperidine rings is 1. The lowest BCUT2D eigenvalue weighted by Gasteiger charge is -2.44. The Hall–Kier alpha value is -1.43. The van der Waals surface area contributed by atoms with E-state index in [1.165, 1.54) is 0 Å². The van der Waals surface area contributed by atoms with Crippen molar-refractivity contribution in [2.24, 2.45) is 0 Å². The number of aromatic nitrogens is 3. The molecule has 3 heterocycles. The van der Waals surface area contributed by atoms with Gasteiger partial charge in [-0.15, -0.1) is 10.2 Å². The van der Waals surface area contributed by atoms with Crippen molar-refractivity contribution >= 4 is 5.91 Å². The number of rotatable bonds is 5. The number of nitrogens with zero attached hydrogens (tertiary/aromatic N) is 5. The smallest absolute Gasteiger partial charge is 0.243 e. The molecule has 1 aromatic heterocycles. The van der Waals surface area contributed by atoms with Crippen LogP contribution in [-0.4, -0.2) is 55.6 Å². The Morgan fingerprint density at radius 1 is 1.23 bits per heavy atom. The quantitative estimate of drug-likeness (QED) is 0.830. The highest BCUT2D eigenvalue weighted by atomic mass is 16.2. The van der Waals surface area contributed by atoms with Crippen LogP contribution in [0.4, 0.5) is 0 Å². The van der Waals surface area contributed by atoms with Gasteiger partial charge in [0, 0.05) is 19.6 Å². The van der Waals surface area contributed by atoms with Crippen LogP contribution in [0.25, 0.3) is 0 Å². The van der Waals surface area contributed by atoms with Crippen LogP contribution in [0, 0.1) is 0 Å². The molecule has 6 nitrogen and oxygen atoms in total. The average molecular weight is 305 g/mol. The molecule has 1 amide bonds. The first-order valence-corrected chi connectivity index (χ1v) is 8.62. The van der Waals surface area contributed by atoms with Gasteiger partial charge in [-0.3, -0.25) is 9.69 Å². The molecular formula is C16H27N5O. The SMILES string of the molecule is CCCN1CCCC2(CCCN2Cc2nncn2CC)C1=O. The summed E-state index contributed by atoms with van der Waals surface area (Å²) in [6, 6.07) is 0. The van der Waals surface area contributed by atoms with Crippen LogP contribution < -0.4 is 0 Å². The first-order valence-electron chi connectivity index (χ1n) is 8.62. The molecule has 22 heavy (non-hydrogen) atoms. The summed E-state index contributed by atoms with van der Waals surface area (Å²) in [5.41, 5.74) is -0.280. The maximum atomic E-state index is 13.1. The standard InChI is InChI=1S/C16H27N5O/c1-3-9-20-10-5-7-16(15(20)22)8-6-11-21(16)12-14-18-17-13-19(14)4-2/h13H,3-12H2,1-2H3. The van der Waals surface area contributed by atoms with E-state index in [1.54, 1.807) is 6.33 Å². The van der Waals surface area contributed by atoms with Crippen LogP contribution in [-0.2, 0) is 17.9 Å². The molecule has 2 aliphatic heterocycles. The van der Waals surface area contributed by atoms with Gasteiger partial charge in [0.05, 0.1) is 6.54 Å². The highest BCUT2D eigenvalue weighted by Crippen LogP contribution is 2.39. The van der Waals surface area contributed by atoms with Gasteiger partial charge in [-0.25, -0.2) is 0 Å². The van der Waals surface area contributed by atoms with E-state index in [-0.39, 0.29) is 5.54 Å². The molecule has 0 radical (unpaired) electrons. The largest absolute Gasteiger partial charge is 0.341 e. The molecule has 0 aromatic carbocycles. The normalized spacial score (nSPS) is 26.3. The van der Waals surface area contributed by atoms with Gasteiger partial charge in [-0.1, -0.05) is 6.92 Å². The fourth-order valence-corrected chi connectivity index (χ4v) is 4.07. The van der Waals surface area contributed by atoms with Gasteiger partial charge in [0.1, 0.15) is 17.7 Å². The highest BCUT2D eigenvalue weighted by molar-refractivity contribution is 5.87. The van der Waals surface area contributed by atoms with E-state index in [1.807, 2.05) is 0 Å². The van der Waals surface area contributed by atoms with Gasteiger partial charge in [0.25, 0.3) is 0 Å². The summed E-state index contributed by atoms with van der Waals surface area (Å²) in [5, 5.41) is 8.28. The Balaban J connectivity index is 1.81. The lowest BCUT2D eigenvalue weighted by atomic mass is 9.85. The van der Waals surface area contributed by atoms with Crippen LogP contribution in [0.2, 0.25) is 0 Å². The Bertz CT molecular complexity index is 526. The lowest BCUT2D eigenvalue weighted by molar-refractivity contribution is -0.147. The van der Waals surface area contributed by atoms with Crippen molar-refractivity contribution < 1.29 is 4.79 Å². The van der Waals surface area contributed by atoms with Crippen molar-refractivity contribution in [1.82, 2.24) is 24.6 Å². The summed E-state index contributed by atoms with van der Waals surface area (Å²) < 4.78 is 2.07. The Morgan fingerprint density at radius 3 is 2.73 bits per heavy atom. The number of likely N-dealkylation sites (tertiary alicyclic amines) is 2. The second-order valence-corrected chi connectivity index (χ2v) is 6.49. The fourth-order valence-electron chi connectivity index (χ4n) is 4.07. The summed E-state index contributed by atoms with van der Waals surface area (Å²) in [5.74, 6) is 1.32. The number of hydrogen-bond acceptors (Lipinski definition) is 4. The third kappa shape index (κ3) is 2.53. The van der Waals surface area contributed by atoms with Gasteiger partial charge >= 0.3 is 0 Å². The minimum atomic E-state index is -0.280. The number of aryl methyl sites for hydroxylation is 1. The van der Waals surface area contributed by atoms with Crippen LogP contribution in [0.1, 0.15) is 51.8 Å². The molecule has 1 spiro atoms. The minimum absolute atomic E-state index is 0.280. The van der Waals surface area contributed by atoms with E-state index in [0.29, 0.717) is 5.91 Å². The maximum absolute atomic E-state index is 13.1. The van der Waals surface area contributed by atoms with Crippen molar-refractivity contribution in [2.45, 2.75) is 64.6 Å². The summed E-state index contributed by atoms with van der Waals surface area (Å²) in [6.45, 7) is 8.65. The van der Waals surface area contributed by atoms with Gasteiger partial charge in [-0.05, 0) is 45.6 Å². The summed E-state index contributed by atoms with van der Waals surface area (Å²) in [4.78, 5) is 17.5. The second kappa shape index (κ2) is 6.36. The highest BCUT2D eigenvalue weighted by Gasteiger charge is 2.50. The predicted molar refractivity (Wildman–Crippen MR) is 84.2 cm³/mol. The van der Waals surface area contributed by atoms with Crippen LogP contribution in [0.3, 0.4) is 0 Å².